The normalized spacial score (nSPS) is 34.1. The average molecular weight is 617 g/mol. The van der Waals surface area contributed by atoms with Crippen LogP contribution in [0.15, 0.2) is 12.2 Å². The first-order valence-corrected chi connectivity index (χ1v) is 16.8. The van der Waals surface area contributed by atoms with Crippen molar-refractivity contribution in [2.24, 2.45) is 0 Å². The van der Waals surface area contributed by atoms with E-state index in [1.165, 1.54) is 19.3 Å². The number of hydrogen-bond donors (Lipinski definition) is 5. The summed E-state index contributed by atoms with van der Waals surface area (Å²) in [5.74, 6) is 0.287. The van der Waals surface area contributed by atoms with Crippen LogP contribution < -0.4 is 0 Å². The number of ether oxygens (including phenoxy) is 4. The summed E-state index contributed by atoms with van der Waals surface area (Å²) in [6.45, 7) is 7.21. The molecule has 252 valence electrons. The molecule has 2 aliphatic heterocycles. The van der Waals surface area contributed by atoms with Gasteiger partial charge in [0.1, 0.15) is 42.4 Å². The van der Waals surface area contributed by atoms with Gasteiger partial charge in [-0.25, -0.2) is 0 Å². The van der Waals surface area contributed by atoms with E-state index < -0.39 is 61.4 Å². The highest BCUT2D eigenvalue weighted by atomic mass is 16.8. The molecule has 11 unspecified atom stereocenters. The van der Waals surface area contributed by atoms with E-state index in [-0.39, 0.29) is 11.9 Å². The first-order chi connectivity index (χ1) is 20.6. The fourth-order valence-electron chi connectivity index (χ4n) is 5.77. The van der Waals surface area contributed by atoms with Crippen molar-refractivity contribution in [2.45, 2.75) is 192 Å². The summed E-state index contributed by atoms with van der Waals surface area (Å²) in [5, 5.41) is 52.4. The van der Waals surface area contributed by atoms with Crippen LogP contribution in [0, 0.1) is 0 Å². The minimum absolute atomic E-state index is 0.202. The van der Waals surface area contributed by atoms with Crippen molar-refractivity contribution in [3.05, 3.63) is 12.2 Å². The maximum absolute atomic E-state index is 11.0. The van der Waals surface area contributed by atoms with Gasteiger partial charge < -0.3 is 49.3 Å². The van der Waals surface area contributed by atoms with Gasteiger partial charge in [-0.3, -0.25) is 0 Å². The molecular formula is C33H60O10. The third kappa shape index (κ3) is 13.1. The van der Waals surface area contributed by atoms with Crippen molar-refractivity contribution in [1.29, 1.82) is 0 Å². The predicted molar refractivity (Wildman–Crippen MR) is 163 cm³/mol. The second kappa shape index (κ2) is 21.0. The maximum atomic E-state index is 11.0. The van der Waals surface area contributed by atoms with E-state index in [0.29, 0.717) is 19.3 Å². The zero-order valence-corrected chi connectivity index (χ0v) is 26.9. The second-order valence-electron chi connectivity index (χ2n) is 12.4. The molecular weight excluding hydrogens is 556 g/mol. The Bertz CT molecular complexity index is 777. The number of carbonyl (C=O) groups is 1. The van der Waals surface area contributed by atoms with Crippen molar-refractivity contribution in [3.63, 3.8) is 0 Å². The molecule has 2 aliphatic rings. The molecule has 0 saturated carbocycles. The minimum atomic E-state index is -1.55. The molecule has 0 spiro atoms. The first-order valence-electron chi connectivity index (χ1n) is 16.8. The van der Waals surface area contributed by atoms with E-state index in [9.17, 15) is 30.3 Å². The molecule has 0 aromatic carbocycles. The number of rotatable bonds is 21. The maximum Gasteiger partial charge on any atom is 0.187 e. The van der Waals surface area contributed by atoms with Crippen LogP contribution in [0.2, 0.25) is 0 Å². The molecule has 10 nitrogen and oxygen atoms in total. The molecule has 2 rings (SSSR count). The summed E-state index contributed by atoms with van der Waals surface area (Å²) in [4.78, 5) is 11.0. The molecule has 0 bridgehead atoms. The predicted octanol–water partition coefficient (Wildman–Crippen LogP) is 4.07. The van der Waals surface area contributed by atoms with Gasteiger partial charge in [0.05, 0.1) is 18.3 Å². The highest BCUT2D eigenvalue weighted by molar-refractivity contribution is 5.75. The van der Waals surface area contributed by atoms with E-state index in [4.69, 9.17) is 18.9 Å². The van der Waals surface area contributed by atoms with Crippen LogP contribution in [0.5, 0.6) is 0 Å². The molecule has 0 aliphatic carbocycles. The Morgan fingerprint density at radius 2 is 1.21 bits per heavy atom. The summed E-state index contributed by atoms with van der Waals surface area (Å²) < 4.78 is 23.7. The number of aliphatic hydroxyl groups is 5. The van der Waals surface area contributed by atoms with Crippen molar-refractivity contribution in [2.75, 3.05) is 0 Å². The Hall–Kier alpha value is -0.950. The molecule has 5 N–H and O–H groups in total. The Labute approximate surface area is 258 Å². The van der Waals surface area contributed by atoms with Crippen LogP contribution in [-0.4, -0.2) is 98.8 Å². The van der Waals surface area contributed by atoms with Crippen molar-refractivity contribution >= 4 is 5.78 Å². The minimum Gasteiger partial charge on any atom is -0.388 e. The van der Waals surface area contributed by atoms with Gasteiger partial charge in [-0.15, -0.1) is 0 Å². The van der Waals surface area contributed by atoms with Crippen molar-refractivity contribution in [3.8, 4) is 0 Å². The highest BCUT2D eigenvalue weighted by Crippen LogP contribution is 2.32. The quantitative estimate of drug-likeness (QED) is 0.0942. The number of Topliss-reactive ketones (excluding diaryl/α,β-unsaturated/α-hetero) is 1. The van der Waals surface area contributed by atoms with Gasteiger partial charge >= 0.3 is 0 Å². The SMILES string of the molecule is CCC1OC(OC2C(OC(C)CCCCCC/C=C\CCCCCCCC(C)=O)OC(CC)C(O)C2O)C(O)C(O)C1O. The number of ketones is 1. The van der Waals surface area contributed by atoms with E-state index in [0.717, 1.165) is 57.8 Å². The molecule has 0 radical (unpaired) electrons. The van der Waals surface area contributed by atoms with E-state index in [1.807, 2.05) is 13.8 Å². The standard InChI is InChI=1S/C33H60O10/c1-5-24-26(35)28(37)30(39)32(41-24)43-31-29(38)27(36)25(6-2)42-33(31)40-23(4)21-19-17-15-13-11-9-7-8-10-12-14-16-18-20-22(3)34/h7,9,23-33,35-39H,5-6,8,10-21H2,1-4H3/b9-7-. The van der Waals surface area contributed by atoms with Gasteiger partial charge in [-0.1, -0.05) is 64.5 Å². The summed E-state index contributed by atoms with van der Waals surface area (Å²) in [7, 11) is 0. The number of unbranched alkanes of at least 4 members (excludes halogenated alkanes) is 9. The lowest BCUT2D eigenvalue weighted by Gasteiger charge is -2.46. The smallest absolute Gasteiger partial charge is 0.187 e. The van der Waals surface area contributed by atoms with Gasteiger partial charge in [-0.2, -0.15) is 0 Å². The fourth-order valence-corrected chi connectivity index (χ4v) is 5.77. The van der Waals surface area contributed by atoms with E-state index in [1.54, 1.807) is 13.8 Å². The molecule has 2 saturated heterocycles. The largest absolute Gasteiger partial charge is 0.388 e. The van der Waals surface area contributed by atoms with Crippen LogP contribution >= 0.6 is 0 Å². The molecule has 0 amide bonds. The Morgan fingerprint density at radius 3 is 1.79 bits per heavy atom. The van der Waals surface area contributed by atoms with E-state index in [2.05, 4.69) is 12.2 Å². The molecule has 0 aromatic heterocycles. The molecule has 0 aromatic rings. The van der Waals surface area contributed by atoms with Crippen LogP contribution in [-0.2, 0) is 23.7 Å². The third-order valence-corrected chi connectivity index (χ3v) is 8.57. The fraction of sp³-hybridized carbons (Fsp3) is 0.909. The highest BCUT2D eigenvalue weighted by Gasteiger charge is 2.50. The van der Waals surface area contributed by atoms with Crippen LogP contribution in [0.25, 0.3) is 0 Å². The van der Waals surface area contributed by atoms with Crippen LogP contribution in [0.3, 0.4) is 0 Å². The van der Waals surface area contributed by atoms with Gasteiger partial charge in [0.2, 0.25) is 0 Å². The average Bonchev–Trinajstić information content (AvgIpc) is 2.98. The summed E-state index contributed by atoms with van der Waals surface area (Å²) in [6, 6.07) is 0. The third-order valence-electron chi connectivity index (χ3n) is 8.57. The first kappa shape index (κ1) is 38.2. The lowest BCUT2D eigenvalue weighted by atomic mass is 9.95. The van der Waals surface area contributed by atoms with Gasteiger partial charge in [0, 0.05) is 6.42 Å². The Morgan fingerprint density at radius 1 is 0.698 bits per heavy atom. The molecule has 10 heteroatoms. The van der Waals surface area contributed by atoms with Crippen molar-refractivity contribution < 1.29 is 49.3 Å². The summed E-state index contributed by atoms with van der Waals surface area (Å²) >= 11 is 0. The summed E-state index contributed by atoms with van der Waals surface area (Å²) in [6.07, 6.45) is 7.24. The zero-order chi connectivity index (χ0) is 31.8. The van der Waals surface area contributed by atoms with Gasteiger partial charge in [0.25, 0.3) is 0 Å². The van der Waals surface area contributed by atoms with Crippen LogP contribution in [0.4, 0.5) is 0 Å². The monoisotopic (exact) mass is 616 g/mol. The van der Waals surface area contributed by atoms with Gasteiger partial charge in [-0.05, 0) is 65.2 Å². The van der Waals surface area contributed by atoms with Gasteiger partial charge in [0.15, 0.2) is 12.6 Å². The Kier molecular flexibility index (Phi) is 18.6. The lowest BCUT2D eigenvalue weighted by molar-refractivity contribution is -0.368. The molecule has 43 heavy (non-hydrogen) atoms. The van der Waals surface area contributed by atoms with E-state index >= 15 is 0 Å². The number of hydrogen-bond acceptors (Lipinski definition) is 10. The number of allylic oxidation sites excluding steroid dienone is 2. The lowest BCUT2D eigenvalue weighted by Crippen LogP contribution is -2.64. The van der Waals surface area contributed by atoms with Crippen molar-refractivity contribution in [1.82, 2.24) is 0 Å². The number of carbonyl (C=O) groups excluding carboxylic acids is 1. The van der Waals surface area contributed by atoms with Crippen LogP contribution in [0.1, 0.15) is 124 Å². The number of aliphatic hydroxyl groups excluding tert-OH is 5. The Balaban J connectivity index is 1.71. The second-order valence-corrected chi connectivity index (χ2v) is 12.4. The summed E-state index contributed by atoms with van der Waals surface area (Å²) in [5.41, 5.74) is 0. The molecule has 11 atom stereocenters. The molecule has 2 fully saturated rings. The topological polar surface area (TPSA) is 155 Å². The zero-order valence-electron chi connectivity index (χ0n) is 26.9. The molecule has 2 heterocycles.